The number of nitrogens with zero attached hydrogens (tertiary/aromatic N) is 1. The number of nitroso groups, excluding NO2 is 1. The van der Waals surface area contributed by atoms with Crippen molar-refractivity contribution in [1.29, 1.82) is 0 Å². The van der Waals surface area contributed by atoms with E-state index in [-0.39, 0.29) is 0 Å². The van der Waals surface area contributed by atoms with Gasteiger partial charge in [0.2, 0.25) is 0 Å². The summed E-state index contributed by atoms with van der Waals surface area (Å²) in [4.78, 5) is 8.93. The van der Waals surface area contributed by atoms with Crippen molar-refractivity contribution < 1.29 is 9.84 Å². The molecular weight excluding hydrogens is 177 g/mol. The molecule has 1 N–H and O–H groups in total. The molecule has 0 bridgehead atoms. The van der Waals surface area contributed by atoms with Crippen molar-refractivity contribution in [2.45, 2.75) is 23.1 Å². The molecule has 12 heavy (non-hydrogen) atoms. The monoisotopic (exact) mass is 185 g/mol. The first-order valence-electron chi connectivity index (χ1n) is 3.35. The molecule has 2 radical (unpaired) electrons. The number of aliphatic hydroxyl groups excluding tert-OH is 1. The maximum atomic E-state index is 10.2. The van der Waals surface area contributed by atoms with E-state index in [4.69, 9.17) is 12.6 Å². The van der Waals surface area contributed by atoms with Crippen molar-refractivity contribution in [3.05, 3.63) is 17.6 Å². The molecule has 1 fully saturated rings. The van der Waals surface area contributed by atoms with Crippen molar-refractivity contribution in [2.75, 3.05) is 0 Å². The van der Waals surface area contributed by atoms with Crippen molar-refractivity contribution in [3.63, 3.8) is 0 Å². The highest BCUT2D eigenvalue weighted by molar-refractivity contribution is 7.81. The standard InChI is InChI=1S/C6H8BNO3S/c1-2-6(12)4(9)3(8-10)5(7)11-6/h2-5,9,12H,1H2/t3?,4-,5+,6-/m0/s1. The second kappa shape index (κ2) is 3.20. The molecule has 0 aromatic heterocycles. The summed E-state index contributed by atoms with van der Waals surface area (Å²) >= 11 is 3.98. The molecule has 1 aliphatic rings. The molecule has 6 heteroatoms. The molecule has 1 aliphatic heterocycles. The Morgan fingerprint density at radius 2 is 2.42 bits per heavy atom. The highest BCUT2D eigenvalue weighted by Crippen LogP contribution is 2.35. The second-order valence-electron chi connectivity index (χ2n) is 2.58. The quantitative estimate of drug-likeness (QED) is 0.271. The minimum absolute atomic E-state index is 0.923. The molecule has 4 nitrogen and oxygen atoms in total. The first-order chi connectivity index (χ1) is 5.55. The van der Waals surface area contributed by atoms with Crippen molar-refractivity contribution >= 4 is 20.5 Å². The first-order valence-corrected chi connectivity index (χ1v) is 3.80. The molecule has 1 rings (SSSR count). The van der Waals surface area contributed by atoms with Crippen molar-refractivity contribution in [2.24, 2.45) is 5.18 Å². The molecule has 0 aromatic rings. The van der Waals surface area contributed by atoms with Gasteiger partial charge in [0.05, 0.1) is 0 Å². The Bertz CT molecular complexity index is 215. The number of rotatable bonds is 2. The fourth-order valence-corrected chi connectivity index (χ4v) is 1.34. The highest BCUT2D eigenvalue weighted by atomic mass is 32.1. The van der Waals surface area contributed by atoms with Gasteiger partial charge in [0, 0.05) is 6.00 Å². The lowest BCUT2D eigenvalue weighted by Crippen LogP contribution is -2.36. The zero-order valence-electron chi connectivity index (χ0n) is 6.25. The van der Waals surface area contributed by atoms with Crippen LogP contribution in [0.25, 0.3) is 0 Å². The van der Waals surface area contributed by atoms with Gasteiger partial charge in [-0.15, -0.1) is 12.6 Å². The summed E-state index contributed by atoms with van der Waals surface area (Å²) in [5.41, 5.74) is 0. The Morgan fingerprint density at radius 3 is 2.67 bits per heavy atom. The number of aliphatic hydroxyl groups is 1. The Balaban J connectivity index is 2.88. The summed E-state index contributed by atoms with van der Waals surface area (Å²) in [6.45, 7) is 3.41. The molecular formula is C6H8BNO3S. The van der Waals surface area contributed by atoms with E-state index >= 15 is 0 Å². The van der Waals surface area contributed by atoms with Gasteiger partial charge < -0.3 is 9.84 Å². The van der Waals surface area contributed by atoms with Gasteiger partial charge in [-0.25, -0.2) is 0 Å². The van der Waals surface area contributed by atoms with Gasteiger partial charge in [-0.1, -0.05) is 11.8 Å². The van der Waals surface area contributed by atoms with E-state index in [2.05, 4.69) is 24.4 Å². The van der Waals surface area contributed by atoms with E-state index in [1.54, 1.807) is 0 Å². The Morgan fingerprint density at radius 1 is 1.83 bits per heavy atom. The van der Waals surface area contributed by atoms with Crippen LogP contribution in [0.4, 0.5) is 0 Å². The largest absolute Gasteiger partial charge is 0.386 e. The van der Waals surface area contributed by atoms with Crippen LogP contribution < -0.4 is 0 Å². The van der Waals surface area contributed by atoms with Gasteiger partial charge in [-0.3, -0.25) is 0 Å². The molecule has 0 saturated carbocycles. The van der Waals surface area contributed by atoms with Crippen LogP contribution in [0.15, 0.2) is 17.8 Å². The SMILES string of the molecule is [B][C@@H]1O[C@](S)(C=C)[C@@H](O)C1N=O. The van der Waals surface area contributed by atoms with Gasteiger partial charge in [-0.2, -0.15) is 4.91 Å². The summed E-state index contributed by atoms with van der Waals surface area (Å²) in [6.07, 6.45) is 0.136. The summed E-state index contributed by atoms with van der Waals surface area (Å²) in [5.74, 6) is 0. The maximum absolute atomic E-state index is 10.2. The van der Waals surface area contributed by atoms with Crippen LogP contribution in [0.3, 0.4) is 0 Å². The summed E-state index contributed by atoms with van der Waals surface area (Å²) < 4.78 is 4.99. The van der Waals surface area contributed by atoms with Crippen LogP contribution >= 0.6 is 12.6 Å². The zero-order valence-corrected chi connectivity index (χ0v) is 7.15. The van der Waals surface area contributed by atoms with E-state index in [0.29, 0.717) is 0 Å². The van der Waals surface area contributed by atoms with Crippen LogP contribution in [0, 0.1) is 4.91 Å². The summed E-state index contributed by atoms with van der Waals surface area (Å²) in [7, 11) is 5.36. The molecule has 0 aromatic carbocycles. The smallest absolute Gasteiger partial charge is 0.156 e. The lowest BCUT2D eigenvalue weighted by Gasteiger charge is -2.21. The Kier molecular flexibility index (Phi) is 2.60. The molecule has 1 saturated heterocycles. The number of hydrogen-bond acceptors (Lipinski definition) is 5. The predicted octanol–water partition coefficient (Wildman–Crippen LogP) is -0.181. The zero-order chi connectivity index (χ0) is 9.35. The normalized spacial score (nSPS) is 47.3. The van der Waals surface area contributed by atoms with Gasteiger partial charge >= 0.3 is 0 Å². The van der Waals surface area contributed by atoms with Crippen molar-refractivity contribution in [1.82, 2.24) is 0 Å². The van der Waals surface area contributed by atoms with Gasteiger partial charge in [0.1, 0.15) is 20.0 Å². The van der Waals surface area contributed by atoms with Crippen LogP contribution in [0.1, 0.15) is 0 Å². The topological polar surface area (TPSA) is 58.9 Å². The van der Waals surface area contributed by atoms with Crippen LogP contribution in [0.5, 0.6) is 0 Å². The lowest BCUT2D eigenvalue weighted by molar-refractivity contribution is 0.0402. The van der Waals surface area contributed by atoms with E-state index < -0.39 is 23.1 Å². The molecule has 0 aliphatic carbocycles. The third-order valence-corrected chi connectivity index (χ3v) is 2.38. The lowest BCUT2D eigenvalue weighted by atomic mass is 9.91. The highest BCUT2D eigenvalue weighted by Gasteiger charge is 2.49. The van der Waals surface area contributed by atoms with E-state index in [1.807, 2.05) is 0 Å². The number of hydrogen-bond donors (Lipinski definition) is 2. The average Bonchev–Trinajstić information content (AvgIpc) is 2.25. The number of thiol groups is 1. The van der Waals surface area contributed by atoms with E-state index in [9.17, 15) is 10.0 Å². The third kappa shape index (κ3) is 1.30. The number of ether oxygens (including phenoxy) is 1. The Labute approximate surface area is 76.8 Å². The minimum atomic E-state index is -1.27. The average molecular weight is 185 g/mol. The summed E-state index contributed by atoms with van der Waals surface area (Å²) in [5, 5.41) is 12.1. The fourth-order valence-electron chi connectivity index (χ4n) is 1.07. The van der Waals surface area contributed by atoms with Crippen molar-refractivity contribution in [3.8, 4) is 0 Å². The fraction of sp³-hybridized carbons (Fsp3) is 0.667. The first kappa shape index (κ1) is 9.76. The van der Waals surface area contributed by atoms with E-state index in [1.165, 1.54) is 6.08 Å². The van der Waals surface area contributed by atoms with Crippen LogP contribution in [0.2, 0.25) is 0 Å². The molecule has 0 spiro atoms. The molecule has 4 atom stereocenters. The van der Waals surface area contributed by atoms with Gasteiger partial charge in [0.25, 0.3) is 0 Å². The minimum Gasteiger partial charge on any atom is -0.386 e. The maximum Gasteiger partial charge on any atom is 0.156 e. The van der Waals surface area contributed by atoms with Crippen LogP contribution in [-0.4, -0.2) is 36.0 Å². The molecule has 1 heterocycles. The van der Waals surface area contributed by atoms with Gasteiger partial charge in [0.15, 0.2) is 4.93 Å². The predicted molar refractivity (Wildman–Crippen MR) is 48.1 cm³/mol. The van der Waals surface area contributed by atoms with E-state index in [0.717, 1.165) is 0 Å². The van der Waals surface area contributed by atoms with Gasteiger partial charge in [-0.05, 0) is 6.08 Å². The Hall–Kier alpha value is -0.325. The second-order valence-corrected chi connectivity index (χ2v) is 3.28. The van der Waals surface area contributed by atoms with Crippen LogP contribution in [-0.2, 0) is 4.74 Å². The third-order valence-electron chi connectivity index (χ3n) is 1.82. The molecule has 0 amide bonds. The molecule has 64 valence electrons. The summed E-state index contributed by atoms with van der Waals surface area (Å²) in [6, 6.07) is -1.91. The molecule has 1 unspecified atom stereocenters.